The third kappa shape index (κ3) is 2.09. The van der Waals surface area contributed by atoms with Crippen LogP contribution in [0, 0.1) is 6.92 Å². The summed E-state index contributed by atoms with van der Waals surface area (Å²) in [6.45, 7) is 3.60. The van der Waals surface area contributed by atoms with Crippen molar-refractivity contribution in [3.8, 4) is 11.4 Å². The summed E-state index contributed by atoms with van der Waals surface area (Å²) in [5.74, 6) is 0.697. The number of aryl methyl sites for hydroxylation is 1. The highest BCUT2D eigenvalue weighted by Crippen LogP contribution is 2.19. The van der Waals surface area contributed by atoms with Crippen LogP contribution in [0.25, 0.3) is 11.4 Å². The Hall–Kier alpha value is -1.74. The van der Waals surface area contributed by atoms with E-state index in [0.29, 0.717) is 5.82 Å². The van der Waals surface area contributed by atoms with Crippen LogP contribution < -0.4 is 0 Å². The van der Waals surface area contributed by atoms with Crippen LogP contribution in [0.15, 0.2) is 36.5 Å². The van der Waals surface area contributed by atoms with Gasteiger partial charge in [-0.15, -0.1) is 0 Å². The third-order valence-electron chi connectivity index (χ3n) is 2.50. The topological polar surface area (TPSA) is 46.0 Å². The molecule has 0 amide bonds. The summed E-state index contributed by atoms with van der Waals surface area (Å²) in [7, 11) is 0. The lowest BCUT2D eigenvalue weighted by atomic mass is 10.1. The Morgan fingerprint density at radius 2 is 1.88 bits per heavy atom. The molecule has 0 saturated heterocycles. The number of aromatic nitrogens is 2. The molecule has 82 valence electrons. The normalized spacial score (nSPS) is 12.4. The molecule has 1 N–H and O–H groups in total. The number of aliphatic hydroxyl groups is 1. The molecule has 0 fully saturated rings. The predicted molar refractivity (Wildman–Crippen MR) is 62.8 cm³/mol. The number of hydrogen-bond donors (Lipinski definition) is 1. The van der Waals surface area contributed by atoms with Gasteiger partial charge in [0.05, 0.1) is 6.10 Å². The van der Waals surface area contributed by atoms with E-state index in [1.54, 1.807) is 13.1 Å². The maximum absolute atomic E-state index is 9.49. The molecule has 3 heteroatoms. The average molecular weight is 214 g/mol. The molecule has 0 aliphatic rings. The molecule has 3 nitrogen and oxygen atoms in total. The molecule has 0 aliphatic carbocycles. The van der Waals surface area contributed by atoms with E-state index in [1.807, 2.05) is 37.3 Å². The molecule has 0 radical (unpaired) electrons. The van der Waals surface area contributed by atoms with Crippen LogP contribution in [-0.4, -0.2) is 15.1 Å². The molecule has 1 aromatic heterocycles. The fourth-order valence-electron chi connectivity index (χ4n) is 1.61. The van der Waals surface area contributed by atoms with Crippen molar-refractivity contribution in [2.75, 3.05) is 0 Å². The van der Waals surface area contributed by atoms with Gasteiger partial charge in [0.25, 0.3) is 0 Å². The van der Waals surface area contributed by atoms with E-state index in [9.17, 15) is 5.11 Å². The second-order valence-electron chi connectivity index (χ2n) is 3.78. The largest absolute Gasteiger partial charge is 0.389 e. The van der Waals surface area contributed by atoms with E-state index < -0.39 is 6.10 Å². The van der Waals surface area contributed by atoms with Crippen molar-refractivity contribution in [3.05, 3.63) is 47.8 Å². The minimum atomic E-state index is -0.523. The monoisotopic (exact) mass is 214 g/mol. The molecule has 0 bridgehead atoms. The minimum absolute atomic E-state index is 0.523. The standard InChI is InChI=1S/C13H14N2O/c1-9-12(10(2)16)8-14-13(15-9)11-6-4-3-5-7-11/h3-8,10,16H,1-2H3/t10-/m0/s1. The summed E-state index contributed by atoms with van der Waals surface area (Å²) in [5, 5.41) is 9.49. The highest BCUT2D eigenvalue weighted by Gasteiger charge is 2.08. The lowest BCUT2D eigenvalue weighted by Gasteiger charge is -2.08. The Morgan fingerprint density at radius 1 is 1.19 bits per heavy atom. The van der Waals surface area contributed by atoms with Gasteiger partial charge >= 0.3 is 0 Å². The van der Waals surface area contributed by atoms with Gasteiger partial charge < -0.3 is 5.11 Å². The van der Waals surface area contributed by atoms with Crippen molar-refractivity contribution in [1.29, 1.82) is 0 Å². The molecular formula is C13H14N2O. The Kier molecular flexibility index (Phi) is 2.97. The molecule has 0 spiro atoms. The Labute approximate surface area is 94.8 Å². The highest BCUT2D eigenvalue weighted by molar-refractivity contribution is 5.54. The minimum Gasteiger partial charge on any atom is -0.389 e. The summed E-state index contributed by atoms with van der Waals surface area (Å²) < 4.78 is 0. The van der Waals surface area contributed by atoms with Gasteiger partial charge in [-0.3, -0.25) is 0 Å². The smallest absolute Gasteiger partial charge is 0.159 e. The zero-order valence-corrected chi connectivity index (χ0v) is 9.38. The predicted octanol–water partition coefficient (Wildman–Crippen LogP) is 2.51. The molecule has 0 aliphatic heterocycles. The Morgan fingerprint density at radius 3 is 2.44 bits per heavy atom. The molecule has 16 heavy (non-hydrogen) atoms. The zero-order chi connectivity index (χ0) is 11.5. The van der Waals surface area contributed by atoms with Gasteiger partial charge in [-0.2, -0.15) is 0 Å². The van der Waals surface area contributed by atoms with Gasteiger partial charge in [-0.1, -0.05) is 30.3 Å². The van der Waals surface area contributed by atoms with E-state index in [1.165, 1.54) is 0 Å². The molecule has 1 atom stereocenters. The van der Waals surface area contributed by atoms with Crippen molar-refractivity contribution in [2.24, 2.45) is 0 Å². The molecule has 2 rings (SSSR count). The second kappa shape index (κ2) is 4.41. The van der Waals surface area contributed by atoms with Crippen LogP contribution in [-0.2, 0) is 0 Å². The maximum atomic E-state index is 9.49. The van der Waals surface area contributed by atoms with Crippen LogP contribution in [0.2, 0.25) is 0 Å². The number of hydrogen-bond acceptors (Lipinski definition) is 3. The van der Waals surface area contributed by atoms with Gasteiger partial charge in [0.2, 0.25) is 0 Å². The van der Waals surface area contributed by atoms with Crippen LogP contribution >= 0.6 is 0 Å². The lowest BCUT2D eigenvalue weighted by Crippen LogP contribution is -2.01. The van der Waals surface area contributed by atoms with E-state index >= 15 is 0 Å². The first kappa shape index (κ1) is 10.8. The van der Waals surface area contributed by atoms with E-state index in [-0.39, 0.29) is 0 Å². The van der Waals surface area contributed by atoms with Gasteiger partial charge in [0.1, 0.15) is 0 Å². The van der Waals surface area contributed by atoms with Crippen molar-refractivity contribution < 1.29 is 5.11 Å². The molecule has 0 unspecified atom stereocenters. The summed E-state index contributed by atoms with van der Waals surface area (Å²) in [6, 6.07) is 9.81. The summed E-state index contributed by atoms with van der Waals surface area (Å²) in [4.78, 5) is 8.65. The number of rotatable bonds is 2. The van der Waals surface area contributed by atoms with E-state index in [4.69, 9.17) is 0 Å². The van der Waals surface area contributed by atoms with Crippen LogP contribution in [0.3, 0.4) is 0 Å². The first-order valence-electron chi connectivity index (χ1n) is 5.25. The molecule has 1 heterocycles. The zero-order valence-electron chi connectivity index (χ0n) is 9.38. The number of nitrogens with zero attached hydrogens (tertiary/aromatic N) is 2. The average Bonchev–Trinajstić information content (AvgIpc) is 2.29. The molecule has 2 aromatic rings. The Bertz CT molecular complexity index is 481. The van der Waals surface area contributed by atoms with Gasteiger partial charge in [-0.25, -0.2) is 9.97 Å². The third-order valence-corrected chi connectivity index (χ3v) is 2.50. The summed E-state index contributed by atoms with van der Waals surface area (Å²) in [5.41, 5.74) is 2.59. The highest BCUT2D eigenvalue weighted by atomic mass is 16.3. The number of aliphatic hydroxyl groups excluding tert-OH is 1. The number of benzene rings is 1. The van der Waals surface area contributed by atoms with Gasteiger partial charge in [-0.05, 0) is 13.8 Å². The van der Waals surface area contributed by atoms with Crippen LogP contribution in [0.4, 0.5) is 0 Å². The molecule has 0 saturated carbocycles. The fourth-order valence-corrected chi connectivity index (χ4v) is 1.61. The van der Waals surface area contributed by atoms with Gasteiger partial charge in [0.15, 0.2) is 5.82 Å². The quantitative estimate of drug-likeness (QED) is 0.835. The van der Waals surface area contributed by atoms with E-state index in [0.717, 1.165) is 16.8 Å². The van der Waals surface area contributed by atoms with Crippen LogP contribution in [0.1, 0.15) is 24.3 Å². The molecule has 1 aromatic carbocycles. The summed E-state index contributed by atoms with van der Waals surface area (Å²) >= 11 is 0. The SMILES string of the molecule is Cc1nc(-c2ccccc2)ncc1[C@H](C)O. The van der Waals surface area contributed by atoms with E-state index in [2.05, 4.69) is 9.97 Å². The lowest BCUT2D eigenvalue weighted by molar-refractivity contribution is 0.197. The first-order chi connectivity index (χ1) is 7.68. The van der Waals surface area contributed by atoms with Crippen molar-refractivity contribution in [3.63, 3.8) is 0 Å². The van der Waals surface area contributed by atoms with Crippen molar-refractivity contribution in [2.45, 2.75) is 20.0 Å². The van der Waals surface area contributed by atoms with Gasteiger partial charge in [0, 0.05) is 23.0 Å². The Balaban J connectivity index is 2.43. The maximum Gasteiger partial charge on any atom is 0.159 e. The van der Waals surface area contributed by atoms with Crippen molar-refractivity contribution in [1.82, 2.24) is 9.97 Å². The first-order valence-corrected chi connectivity index (χ1v) is 5.25. The summed E-state index contributed by atoms with van der Waals surface area (Å²) in [6.07, 6.45) is 1.17. The molecular weight excluding hydrogens is 200 g/mol. The van der Waals surface area contributed by atoms with Crippen molar-refractivity contribution >= 4 is 0 Å². The van der Waals surface area contributed by atoms with Crippen LogP contribution in [0.5, 0.6) is 0 Å². The second-order valence-corrected chi connectivity index (χ2v) is 3.78. The fraction of sp³-hybridized carbons (Fsp3) is 0.231.